The van der Waals surface area contributed by atoms with Crippen molar-refractivity contribution in [1.82, 2.24) is 4.31 Å². The first-order chi connectivity index (χ1) is 13.9. The number of benzene rings is 2. The van der Waals surface area contributed by atoms with Gasteiger partial charge in [0.15, 0.2) is 0 Å². The second-order valence-electron chi connectivity index (χ2n) is 7.88. The number of amides is 1. The summed E-state index contributed by atoms with van der Waals surface area (Å²) in [5, 5.41) is 0. The summed E-state index contributed by atoms with van der Waals surface area (Å²) in [6.45, 7) is 6.37. The Hall–Kier alpha value is -2.38. The van der Waals surface area contributed by atoms with Gasteiger partial charge in [-0.2, -0.15) is 4.31 Å². The second-order valence-corrected chi connectivity index (χ2v) is 9.82. The number of sulfonamides is 1. The fourth-order valence-corrected chi connectivity index (χ4v) is 5.64. The van der Waals surface area contributed by atoms with Gasteiger partial charge in [0.05, 0.1) is 4.90 Å². The van der Waals surface area contributed by atoms with Gasteiger partial charge in [0.2, 0.25) is 15.9 Å². The zero-order chi connectivity index (χ0) is 20.6. The molecule has 2 aliphatic rings. The Bertz CT molecular complexity index is 987. The molecule has 4 rings (SSSR count). The number of hydrogen-bond acceptors (Lipinski definition) is 4. The Labute approximate surface area is 172 Å². The molecule has 2 aromatic rings. The van der Waals surface area contributed by atoms with Gasteiger partial charge < -0.3 is 9.80 Å². The highest BCUT2D eigenvalue weighted by Crippen LogP contribution is 2.27. The predicted octanol–water partition coefficient (Wildman–Crippen LogP) is 3.02. The quantitative estimate of drug-likeness (QED) is 0.773. The fourth-order valence-electron chi connectivity index (χ4n) is 4.13. The normalized spacial score (nSPS) is 21.0. The Morgan fingerprint density at radius 3 is 2.14 bits per heavy atom. The van der Waals surface area contributed by atoms with Crippen molar-refractivity contribution in [2.45, 2.75) is 37.6 Å². The maximum Gasteiger partial charge on any atom is 0.243 e. The molecule has 2 fully saturated rings. The highest BCUT2D eigenvalue weighted by atomic mass is 32.2. The maximum absolute atomic E-state index is 13.1. The van der Waals surface area contributed by atoms with E-state index in [1.54, 1.807) is 33.5 Å². The predicted molar refractivity (Wildman–Crippen MR) is 115 cm³/mol. The first-order valence-electron chi connectivity index (χ1n) is 10.1. The van der Waals surface area contributed by atoms with Gasteiger partial charge in [0.25, 0.3) is 0 Å². The molecule has 0 saturated carbocycles. The molecule has 1 unspecified atom stereocenters. The van der Waals surface area contributed by atoms with Gasteiger partial charge >= 0.3 is 0 Å². The molecule has 154 valence electrons. The van der Waals surface area contributed by atoms with Gasteiger partial charge in [-0.05, 0) is 56.7 Å². The molecule has 2 saturated heterocycles. The van der Waals surface area contributed by atoms with Gasteiger partial charge in [-0.25, -0.2) is 8.42 Å². The van der Waals surface area contributed by atoms with Crippen molar-refractivity contribution in [3.8, 4) is 0 Å². The van der Waals surface area contributed by atoms with Crippen LogP contribution in [-0.2, 0) is 14.8 Å². The summed E-state index contributed by atoms with van der Waals surface area (Å²) in [5.41, 5.74) is 3.10. The minimum atomic E-state index is -3.56. The van der Waals surface area contributed by atoms with Crippen LogP contribution >= 0.6 is 0 Å². The van der Waals surface area contributed by atoms with Gasteiger partial charge in [-0.1, -0.05) is 17.7 Å². The molecule has 29 heavy (non-hydrogen) atoms. The van der Waals surface area contributed by atoms with Crippen LogP contribution in [0.5, 0.6) is 0 Å². The Kier molecular flexibility index (Phi) is 5.36. The van der Waals surface area contributed by atoms with E-state index in [-0.39, 0.29) is 16.8 Å². The molecule has 2 heterocycles. The SMILES string of the molecule is Cc1ccc(N2CCN(S(=O)(=O)c3ccc(N4CCCC4=O)cc3)CC2C)cc1. The van der Waals surface area contributed by atoms with Crippen molar-refractivity contribution in [3.05, 3.63) is 54.1 Å². The monoisotopic (exact) mass is 413 g/mol. The van der Waals surface area contributed by atoms with E-state index in [1.165, 1.54) is 5.56 Å². The van der Waals surface area contributed by atoms with E-state index in [9.17, 15) is 13.2 Å². The number of aryl methyl sites for hydroxylation is 1. The third-order valence-electron chi connectivity index (χ3n) is 5.82. The van der Waals surface area contributed by atoms with Gasteiger partial charge in [-0.15, -0.1) is 0 Å². The second kappa shape index (κ2) is 7.80. The molecule has 1 atom stereocenters. The molecule has 0 aromatic heterocycles. The van der Waals surface area contributed by atoms with Crippen molar-refractivity contribution in [2.24, 2.45) is 0 Å². The van der Waals surface area contributed by atoms with Crippen LogP contribution in [0.4, 0.5) is 11.4 Å². The third-order valence-corrected chi connectivity index (χ3v) is 7.69. The zero-order valence-corrected chi connectivity index (χ0v) is 17.7. The lowest BCUT2D eigenvalue weighted by atomic mass is 10.1. The summed E-state index contributed by atoms with van der Waals surface area (Å²) >= 11 is 0. The van der Waals surface area contributed by atoms with Crippen LogP contribution in [0.15, 0.2) is 53.4 Å². The average Bonchev–Trinajstić information content (AvgIpc) is 3.15. The maximum atomic E-state index is 13.1. The van der Waals surface area contributed by atoms with E-state index in [4.69, 9.17) is 0 Å². The van der Waals surface area contributed by atoms with E-state index in [0.29, 0.717) is 32.6 Å². The molecule has 0 N–H and O–H groups in total. The van der Waals surface area contributed by atoms with Crippen LogP contribution in [0.3, 0.4) is 0 Å². The largest absolute Gasteiger partial charge is 0.366 e. The van der Waals surface area contributed by atoms with Gasteiger partial charge in [0.1, 0.15) is 0 Å². The highest BCUT2D eigenvalue weighted by Gasteiger charge is 2.32. The van der Waals surface area contributed by atoms with Crippen molar-refractivity contribution in [3.63, 3.8) is 0 Å². The molecule has 2 aliphatic heterocycles. The number of rotatable bonds is 4. The molecule has 2 aromatic carbocycles. The van der Waals surface area contributed by atoms with Gasteiger partial charge in [-0.3, -0.25) is 4.79 Å². The number of anilines is 2. The van der Waals surface area contributed by atoms with E-state index in [1.807, 2.05) is 0 Å². The van der Waals surface area contributed by atoms with Crippen molar-refractivity contribution >= 4 is 27.3 Å². The summed E-state index contributed by atoms with van der Waals surface area (Å²) in [6.07, 6.45) is 1.41. The Morgan fingerprint density at radius 2 is 1.55 bits per heavy atom. The van der Waals surface area contributed by atoms with Crippen LogP contribution in [0.25, 0.3) is 0 Å². The topological polar surface area (TPSA) is 60.9 Å². The summed E-state index contributed by atoms with van der Waals surface area (Å²) in [4.78, 5) is 16.2. The number of piperazine rings is 1. The summed E-state index contributed by atoms with van der Waals surface area (Å²) in [5.74, 6) is 0.0988. The van der Waals surface area contributed by atoms with Gasteiger partial charge in [0, 0.05) is 50.0 Å². The van der Waals surface area contributed by atoms with E-state index < -0.39 is 10.0 Å². The Balaban J connectivity index is 1.48. The first kappa shape index (κ1) is 19.9. The first-order valence-corrected chi connectivity index (χ1v) is 11.5. The summed E-state index contributed by atoms with van der Waals surface area (Å²) < 4.78 is 27.9. The third kappa shape index (κ3) is 3.89. The van der Waals surface area contributed by atoms with Crippen molar-refractivity contribution in [2.75, 3.05) is 36.0 Å². The lowest BCUT2D eigenvalue weighted by Crippen LogP contribution is -2.53. The van der Waals surface area contributed by atoms with Crippen molar-refractivity contribution in [1.29, 1.82) is 0 Å². The molecule has 7 heteroatoms. The minimum absolute atomic E-state index is 0.0859. The summed E-state index contributed by atoms with van der Waals surface area (Å²) in [6, 6.07) is 15.1. The standard InChI is InChI=1S/C22H27N3O3S/c1-17-5-7-19(8-6-17)24-15-14-23(16-18(24)2)29(27,28)21-11-9-20(10-12-21)25-13-3-4-22(25)26/h5-12,18H,3-4,13-16H2,1-2H3. The van der Waals surface area contributed by atoms with Crippen LogP contribution in [-0.4, -0.2) is 50.9 Å². The van der Waals surface area contributed by atoms with Crippen molar-refractivity contribution < 1.29 is 13.2 Å². The lowest BCUT2D eigenvalue weighted by Gasteiger charge is -2.40. The number of carbonyl (C=O) groups is 1. The Morgan fingerprint density at radius 1 is 0.897 bits per heavy atom. The molecular formula is C22H27N3O3S. The molecule has 6 nitrogen and oxygen atoms in total. The zero-order valence-electron chi connectivity index (χ0n) is 16.9. The summed E-state index contributed by atoms with van der Waals surface area (Å²) in [7, 11) is -3.56. The minimum Gasteiger partial charge on any atom is -0.366 e. The number of carbonyl (C=O) groups excluding carboxylic acids is 1. The van der Waals surface area contributed by atoms with Crippen LogP contribution in [0, 0.1) is 6.92 Å². The lowest BCUT2D eigenvalue weighted by molar-refractivity contribution is -0.117. The van der Waals surface area contributed by atoms with Crippen LogP contribution in [0.1, 0.15) is 25.3 Å². The molecular weight excluding hydrogens is 386 g/mol. The van der Waals surface area contributed by atoms with E-state index in [2.05, 4.69) is 43.0 Å². The van der Waals surface area contributed by atoms with E-state index in [0.717, 1.165) is 17.8 Å². The smallest absolute Gasteiger partial charge is 0.243 e. The molecule has 0 bridgehead atoms. The van der Waals surface area contributed by atoms with E-state index >= 15 is 0 Å². The number of hydrogen-bond donors (Lipinski definition) is 0. The van der Waals surface area contributed by atoms with Crippen LogP contribution in [0.2, 0.25) is 0 Å². The average molecular weight is 414 g/mol. The highest BCUT2D eigenvalue weighted by molar-refractivity contribution is 7.89. The number of nitrogens with zero attached hydrogens (tertiary/aromatic N) is 3. The fraction of sp³-hybridized carbons (Fsp3) is 0.409. The molecule has 0 radical (unpaired) electrons. The van der Waals surface area contributed by atoms with Crippen LogP contribution < -0.4 is 9.80 Å². The molecule has 1 amide bonds. The molecule has 0 aliphatic carbocycles. The molecule has 0 spiro atoms.